The van der Waals surface area contributed by atoms with Gasteiger partial charge in [-0.15, -0.1) is 0 Å². The van der Waals surface area contributed by atoms with Gasteiger partial charge in [0.05, 0.1) is 0 Å². The van der Waals surface area contributed by atoms with Gasteiger partial charge in [-0.3, -0.25) is 19.4 Å². The van der Waals surface area contributed by atoms with Crippen LogP contribution in [0.3, 0.4) is 0 Å². The molecule has 1 aliphatic heterocycles. The van der Waals surface area contributed by atoms with Crippen molar-refractivity contribution >= 4 is 11.6 Å². The average molecular weight is 383 g/mol. The number of H-pyrrole nitrogens is 1. The number of amides is 1. The van der Waals surface area contributed by atoms with Crippen molar-refractivity contribution in [3.63, 3.8) is 0 Å². The molecule has 0 unspecified atom stereocenters. The topological polar surface area (TPSA) is 101 Å². The molecule has 1 aliphatic rings. The van der Waals surface area contributed by atoms with Gasteiger partial charge in [0.25, 0.3) is 5.56 Å². The van der Waals surface area contributed by atoms with Crippen LogP contribution in [0.15, 0.2) is 23.5 Å². The number of nitrogens with zero attached hydrogens (tertiary/aromatic N) is 6. The van der Waals surface area contributed by atoms with Crippen molar-refractivity contribution in [3.8, 4) is 0 Å². The van der Waals surface area contributed by atoms with Gasteiger partial charge in [0.1, 0.15) is 12.7 Å². The molecule has 9 heteroatoms. The molecule has 9 nitrogen and oxygen atoms in total. The molecule has 4 heterocycles. The molecule has 0 saturated carbocycles. The van der Waals surface area contributed by atoms with E-state index in [4.69, 9.17) is 0 Å². The number of hydrogen-bond donors (Lipinski definition) is 1. The Balaban J connectivity index is 1.35. The maximum absolute atomic E-state index is 12.4. The third-order valence-electron chi connectivity index (χ3n) is 5.64. The molecule has 1 saturated heterocycles. The van der Waals surface area contributed by atoms with E-state index in [0.717, 1.165) is 43.7 Å². The second-order valence-electron chi connectivity index (χ2n) is 7.45. The fraction of sp³-hybridized carbons (Fsp3) is 0.526. The first-order valence-corrected chi connectivity index (χ1v) is 9.72. The smallest absolute Gasteiger partial charge is 0.275 e. The first-order chi connectivity index (χ1) is 13.5. The predicted octanol–water partition coefficient (Wildman–Crippen LogP) is 1.42. The van der Waals surface area contributed by atoms with E-state index in [2.05, 4.69) is 20.2 Å². The number of hydrogen-bond acceptors (Lipinski definition) is 5. The lowest BCUT2D eigenvalue weighted by atomic mass is 9.93. The summed E-state index contributed by atoms with van der Waals surface area (Å²) in [6.45, 7) is 5.84. The molecule has 0 bridgehead atoms. The van der Waals surface area contributed by atoms with Gasteiger partial charge in [-0.2, -0.15) is 5.10 Å². The fourth-order valence-corrected chi connectivity index (χ4v) is 3.79. The molecule has 3 aromatic heterocycles. The molecule has 0 aliphatic carbocycles. The Morgan fingerprint density at radius 3 is 2.79 bits per heavy atom. The Labute approximate surface area is 162 Å². The van der Waals surface area contributed by atoms with Crippen molar-refractivity contribution in [1.29, 1.82) is 0 Å². The van der Waals surface area contributed by atoms with Crippen molar-refractivity contribution in [2.45, 2.75) is 52.0 Å². The summed E-state index contributed by atoms with van der Waals surface area (Å²) < 4.78 is 3.27. The molecule has 3 aromatic rings. The monoisotopic (exact) mass is 383 g/mol. The van der Waals surface area contributed by atoms with Crippen LogP contribution in [0.25, 0.3) is 5.65 Å². The van der Waals surface area contributed by atoms with Gasteiger partial charge in [-0.25, -0.2) is 14.5 Å². The van der Waals surface area contributed by atoms with Crippen LogP contribution in [0.2, 0.25) is 0 Å². The molecule has 0 spiro atoms. The summed E-state index contributed by atoms with van der Waals surface area (Å²) in [5.41, 5.74) is 3.07. The van der Waals surface area contributed by atoms with Gasteiger partial charge >= 0.3 is 0 Å². The van der Waals surface area contributed by atoms with E-state index in [-0.39, 0.29) is 11.5 Å². The molecule has 148 valence electrons. The summed E-state index contributed by atoms with van der Waals surface area (Å²) in [4.78, 5) is 35.2. The van der Waals surface area contributed by atoms with Gasteiger partial charge < -0.3 is 4.90 Å². The van der Waals surface area contributed by atoms with Crippen LogP contribution in [0.4, 0.5) is 0 Å². The molecular weight excluding hydrogens is 358 g/mol. The van der Waals surface area contributed by atoms with Crippen LogP contribution in [0.5, 0.6) is 0 Å². The summed E-state index contributed by atoms with van der Waals surface area (Å²) in [7, 11) is 0. The molecule has 4 rings (SSSR count). The number of aromatic nitrogens is 6. The lowest BCUT2D eigenvalue weighted by molar-refractivity contribution is -0.132. The highest BCUT2D eigenvalue weighted by molar-refractivity contribution is 5.76. The standard InChI is InChI=1S/C19H25N7O2/c1-13-14(2)22-17-10-16(23-26(17)19(13)28)15-5-8-24(9-6-15)18(27)4-3-7-25-12-20-11-21-25/h10-12,15,23H,3-9H2,1-2H3. The maximum atomic E-state index is 12.4. The molecule has 0 atom stereocenters. The van der Waals surface area contributed by atoms with Crippen molar-refractivity contribution in [2.75, 3.05) is 13.1 Å². The third kappa shape index (κ3) is 3.56. The number of piperidine rings is 1. The summed E-state index contributed by atoms with van der Waals surface area (Å²) in [5, 5.41) is 7.27. The maximum Gasteiger partial charge on any atom is 0.275 e. The first kappa shape index (κ1) is 18.4. The van der Waals surface area contributed by atoms with E-state index in [0.29, 0.717) is 30.1 Å². The van der Waals surface area contributed by atoms with E-state index >= 15 is 0 Å². The van der Waals surface area contributed by atoms with E-state index < -0.39 is 0 Å². The van der Waals surface area contributed by atoms with Gasteiger partial charge in [-0.05, 0) is 33.1 Å². The van der Waals surface area contributed by atoms with E-state index in [1.54, 1.807) is 17.9 Å². The van der Waals surface area contributed by atoms with Crippen molar-refractivity contribution in [1.82, 2.24) is 34.3 Å². The second kappa shape index (κ2) is 7.57. The summed E-state index contributed by atoms with van der Waals surface area (Å²) in [5.74, 6) is 0.500. The summed E-state index contributed by atoms with van der Waals surface area (Å²) in [6.07, 6.45) is 6.22. The zero-order chi connectivity index (χ0) is 19.7. The van der Waals surface area contributed by atoms with Crippen molar-refractivity contribution in [3.05, 3.63) is 46.0 Å². The van der Waals surface area contributed by atoms with E-state index in [1.807, 2.05) is 17.9 Å². The lowest BCUT2D eigenvalue weighted by Crippen LogP contribution is -2.38. The largest absolute Gasteiger partial charge is 0.343 e. The van der Waals surface area contributed by atoms with Crippen LogP contribution in [-0.4, -0.2) is 53.3 Å². The van der Waals surface area contributed by atoms with E-state index in [1.165, 1.54) is 10.8 Å². The first-order valence-electron chi connectivity index (χ1n) is 9.72. The number of fused-ring (bicyclic) bond motifs is 1. The van der Waals surface area contributed by atoms with Crippen LogP contribution in [0, 0.1) is 13.8 Å². The second-order valence-corrected chi connectivity index (χ2v) is 7.45. The zero-order valence-electron chi connectivity index (χ0n) is 16.3. The van der Waals surface area contributed by atoms with Crippen LogP contribution >= 0.6 is 0 Å². The Hall–Kier alpha value is -2.97. The molecule has 28 heavy (non-hydrogen) atoms. The normalized spacial score (nSPS) is 15.4. The number of carbonyl (C=O) groups is 1. The fourth-order valence-electron chi connectivity index (χ4n) is 3.79. The third-order valence-corrected chi connectivity index (χ3v) is 5.64. The lowest BCUT2D eigenvalue weighted by Gasteiger charge is -2.31. The number of likely N-dealkylation sites (tertiary alicyclic amines) is 1. The number of rotatable bonds is 5. The predicted molar refractivity (Wildman–Crippen MR) is 103 cm³/mol. The minimum atomic E-state index is -0.0475. The summed E-state index contributed by atoms with van der Waals surface area (Å²) >= 11 is 0. The SMILES string of the molecule is Cc1nc2cc(C3CCN(C(=O)CCCn4cncn4)CC3)[nH]n2c(=O)c1C. The highest BCUT2D eigenvalue weighted by atomic mass is 16.2. The van der Waals surface area contributed by atoms with Gasteiger partial charge in [0.2, 0.25) is 5.91 Å². The molecule has 1 amide bonds. The minimum Gasteiger partial charge on any atom is -0.343 e. The van der Waals surface area contributed by atoms with Crippen LogP contribution < -0.4 is 5.56 Å². The quantitative estimate of drug-likeness (QED) is 0.718. The Kier molecular flexibility index (Phi) is 4.97. The van der Waals surface area contributed by atoms with Crippen molar-refractivity contribution < 1.29 is 4.79 Å². The number of aryl methyl sites for hydroxylation is 2. The summed E-state index contributed by atoms with van der Waals surface area (Å²) in [6, 6.07) is 1.97. The Morgan fingerprint density at radius 2 is 2.07 bits per heavy atom. The van der Waals surface area contributed by atoms with Gasteiger partial charge in [0, 0.05) is 55.0 Å². The van der Waals surface area contributed by atoms with Crippen LogP contribution in [-0.2, 0) is 11.3 Å². The highest BCUT2D eigenvalue weighted by Gasteiger charge is 2.25. The molecule has 0 aromatic carbocycles. The Morgan fingerprint density at radius 1 is 1.29 bits per heavy atom. The average Bonchev–Trinajstić information content (AvgIpc) is 3.36. The van der Waals surface area contributed by atoms with Crippen molar-refractivity contribution in [2.24, 2.45) is 0 Å². The van der Waals surface area contributed by atoms with Gasteiger partial charge in [0.15, 0.2) is 5.65 Å². The highest BCUT2D eigenvalue weighted by Crippen LogP contribution is 2.27. The number of carbonyl (C=O) groups excluding carboxylic acids is 1. The van der Waals surface area contributed by atoms with Crippen LogP contribution in [0.1, 0.15) is 48.6 Å². The zero-order valence-corrected chi connectivity index (χ0v) is 16.3. The number of aromatic amines is 1. The Bertz CT molecular complexity index is 1030. The van der Waals surface area contributed by atoms with E-state index in [9.17, 15) is 9.59 Å². The minimum absolute atomic E-state index is 0.0475. The molecule has 1 N–H and O–H groups in total. The number of nitrogens with one attached hydrogen (secondary N) is 1. The van der Waals surface area contributed by atoms with Gasteiger partial charge in [-0.1, -0.05) is 0 Å². The molecule has 1 fully saturated rings. The molecule has 0 radical (unpaired) electrons. The molecular formula is C19H25N7O2.